The Hall–Kier alpha value is -1.50. The van der Waals surface area contributed by atoms with Crippen LogP contribution in [0.2, 0.25) is 0 Å². The van der Waals surface area contributed by atoms with E-state index in [2.05, 4.69) is 0 Å². The van der Waals surface area contributed by atoms with Crippen LogP contribution in [0.3, 0.4) is 0 Å². The SMILES string of the molecule is CN1CCC(Oc2cc(C(F)(F)F)c3ccccc3c2)CC1O.Cl. The van der Waals surface area contributed by atoms with Gasteiger partial charge in [-0.3, -0.25) is 4.90 Å². The Bertz CT molecular complexity index is 708. The predicted octanol–water partition coefficient (Wildman–Crippen LogP) is 4.07. The van der Waals surface area contributed by atoms with Gasteiger partial charge in [0.25, 0.3) is 0 Å². The summed E-state index contributed by atoms with van der Waals surface area (Å²) >= 11 is 0. The van der Waals surface area contributed by atoms with Gasteiger partial charge >= 0.3 is 6.18 Å². The van der Waals surface area contributed by atoms with Crippen molar-refractivity contribution in [1.82, 2.24) is 4.90 Å². The molecule has 7 heteroatoms. The number of likely N-dealkylation sites (tertiary alicyclic amines) is 1. The minimum atomic E-state index is -4.44. The molecular weight excluding hydrogens is 343 g/mol. The molecule has 0 aromatic heterocycles. The monoisotopic (exact) mass is 361 g/mol. The van der Waals surface area contributed by atoms with Crippen molar-refractivity contribution < 1.29 is 23.0 Å². The summed E-state index contributed by atoms with van der Waals surface area (Å²) in [7, 11) is 1.80. The second-order valence-corrected chi connectivity index (χ2v) is 5.92. The first kappa shape index (κ1) is 18.8. The van der Waals surface area contributed by atoms with Gasteiger partial charge in [0.2, 0.25) is 0 Å². The number of benzene rings is 2. The van der Waals surface area contributed by atoms with Gasteiger partial charge in [0.1, 0.15) is 18.1 Å². The number of ether oxygens (including phenoxy) is 1. The predicted molar refractivity (Wildman–Crippen MR) is 88.5 cm³/mol. The third kappa shape index (κ3) is 3.94. The summed E-state index contributed by atoms with van der Waals surface area (Å²) in [5, 5.41) is 10.5. The summed E-state index contributed by atoms with van der Waals surface area (Å²) in [6.45, 7) is 0.644. The summed E-state index contributed by atoms with van der Waals surface area (Å²) in [5.74, 6) is 0.192. The van der Waals surface area contributed by atoms with E-state index in [1.54, 1.807) is 36.2 Å². The summed E-state index contributed by atoms with van der Waals surface area (Å²) in [5.41, 5.74) is -0.695. The van der Waals surface area contributed by atoms with Crippen LogP contribution in [0.5, 0.6) is 5.75 Å². The molecular formula is C17H19ClF3NO2. The standard InChI is InChI=1S/C17H18F3NO2.ClH/c1-21-7-6-12(10-16(21)22)23-13-8-11-4-2-3-5-14(11)15(9-13)17(18,19)20;/h2-5,8-9,12,16,22H,6-7,10H2,1H3;1H. The van der Waals surface area contributed by atoms with Crippen molar-refractivity contribution in [3.05, 3.63) is 42.0 Å². The van der Waals surface area contributed by atoms with E-state index >= 15 is 0 Å². The van der Waals surface area contributed by atoms with Gasteiger partial charge in [-0.1, -0.05) is 24.3 Å². The molecule has 1 aliphatic heterocycles. The first-order valence-electron chi connectivity index (χ1n) is 7.49. The highest BCUT2D eigenvalue weighted by atomic mass is 35.5. The number of alkyl halides is 3. The number of hydrogen-bond donors (Lipinski definition) is 1. The molecule has 24 heavy (non-hydrogen) atoms. The lowest BCUT2D eigenvalue weighted by Crippen LogP contribution is -2.43. The summed E-state index contributed by atoms with van der Waals surface area (Å²) in [6.07, 6.45) is -4.31. The molecule has 3 rings (SSSR count). The molecule has 3 nitrogen and oxygen atoms in total. The average molecular weight is 362 g/mol. The van der Waals surface area contributed by atoms with E-state index < -0.39 is 18.0 Å². The Kier molecular flexibility index (Phi) is 5.63. The molecule has 2 atom stereocenters. The molecule has 1 fully saturated rings. The Morgan fingerprint density at radius 3 is 2.58 bits per heavy atom. The normalized spacial score (nSPS) is 22.2. The lowest BCUT2D eigenvalue weighted by Gasteiger charge is -2.34. The van der Waals surface area contributed by atoms with E-state index in [0.717, 1.165) is 6.07 Å². The van der Waals surface area contributed by atoms with E-state index in [9.17, 15) is 18.3 Å². The highest BCUT2D eigenvalue weighted by Gasteiger charge is 2.33. The number of piperidine rings is 1. The maximum absolute atomic E-state index is 13.3. The summed E-state index contributed by atoms with van der Waals surface area (Å²) < 4.78 is 45.6. The third-order valence-corrected chi connectivity index (χ3v) is 4.23. The zero-order valence-corrected chi connectivity index (χ0v) is 13.9. The van der Waals surface area contributed by atoms with Crippen LogP contribution in [0.15, 0.2) is 36.4 Å². The van der Waals surface area contributed by atoms with Crippen molar-refractivity contribution in [3.8, 4) is 5.75 Å². The van der Waals surface area contributed by atoms with Crippen molar-refractivity contribution in [1.29, 1.82) is 0 Å². The van der Waals surface area contributed by atoms with Crippen molar-refractivity contribution in [3.63, 3.8) is 0 Å². The van der Waals surface area contributed by atoms with Crippen molar-refractivity contribution in [2.75, 3.05) is 13.6 Å². The van der Waals surface area contributed by atoms with Crippen LogP contribution in [0.25, 0.3) is 10.8 Å². The molecule has 0 radical (unpaired) electrons. The molecule has 0 amide bonds. The minimum Gasteiger partial charge on any atom is -0.490 e. The molecule has 0 bridgehead atoms. The summed E-state index contributed by atoms with van der Waals surface area (Å²) in [6, 6.07) is 9.06. The molecule has 1 aliphatic rings. The zero-order valence-electron chi connectivity index (χ0n) is 13.1. The van der Waals surface area contributed by atoms with Crippen LogP contribution in [-0.2, 0) is 6.18 Å². The number of halogens is 4. The van der Waals surface area contributed by atoms with Gasteiger partial charge in [0, 0.05) is 13.0 Å². The van der Waals surface area contributed by atoms with E-state index in [4.69, 9.17) is 4.74 Å². The summed E-state index contributed by atoms with van der Waals surface area (Å²) in [4.78, 5) is 1.79. The molecule has 2 aromatic carbocycles. The van der Waals surface area contributed by atoms with Gasteiger partial charge in [-0.15, -0.1) is 12.4 Å². The Morgan fingerprint density at radius 2 is 1.92 bits per heavy atom. The molecule has 132 valence electrons. The van der Waals surface area contributed by atoms with Crippen molar-refractivity contribution in [2.24, 2.45) is 0 Å². The lowest BCUT2D eigenvalue weighted by molar-refractivity contribution is -0.136. The highest BCUT2D eigenvalue weighted by molar-refractivity contribution is 5.87. The largest absolute Gasteiger partial charge is 0.490 e. The second-order valence-electron chi connectivity index (χ2n) is 5.92. The van der Waals surface area contributed by atoms with Crippen LogP contribution in [-0.4, -0.2) is 35.9 Å². The Labute approximate surface area is 144 Å². The van der Waals surface area contributed by atoms with Gasteiger partial charge in [-0.25, -0.2) is 0 Å². The highest BCUT2D eigenvalue weighted by Crippen LogP contribution is 2.38. The first-order valence-corrected chi connectivity index (χ1v) is 7.49. The van der Waals surface area contributed by atoms with Crippen LogP contribution in [0.4, 0.5) is 13.2 Å². The quantitative estimate of drug-likeness (QED) is 0.875. The maximum Gasteiger partial charge on any atom is 0.417 e. The van der Waals surface area contributed by atoms with Crippen molar-refractivity contribution in [2.45, 2.75) is 31.3 Å². The van der Waals surface area contributed by atoms with Gasteiger partial charge in [-0.05, 0) is 36.4 Å². The molecule has 1 N–H and O–H groups in total. The van der Waals surface area contributed by atoms with Crippen molar-refractivity contribution >= 4 is 23.2 Å². The maximum atomic E-state index is 13.3. The first-order chi connectivity index (χ1) is 10.8. The number of rotatable bonds is 2. The molecule has 2 aromatic rings. The number of aliphatic hydroxyl groups is 1. The van der Waals surface area contributed by atoms with Crippen LogP contribution >= 0.6 is 12.4 Å². The number of nitrogens with zero attached hydrogens (tertiary/aromatic N) is 1. The molecule has 0 saturated carbocycles. The van der Waals surface area contributed by atoms with Crippen LogP contribution in [0.1, 0.15) is 18.4 Å². The van der Waals surface area contributed by atoms with Gasteiger partial charge < -0.3 is 9.84 Å². The second kappa shape index (κ2) is 7.17. The minimum absolute atomic E-state index is 0. The fraction of sp³-hybridized carbons (Fsp3) is 0.412. The number of aliphatic hydroxyl groups excluding tert-OH is 1. The smallest absolute Gasteiger partial charge is 0.417 e. The molecule has 1 heterocycles. The molecule has 0 spiro atoms. The van der Waals surface area contributed by atoms with Crippen LogP contribution in [0, 0.1) is 0 Å². The zero-order chi connectivity index (χ0) is 16.6. The fourth-order valence-electron chi connectivity index (χ4n) is 2.91. The van der Waals surface area contributed by atoms with E-state index in [1.807, 2.05) is 0 Å². The molecule has 0 aliphatic carbocycles. The Morgan fingerprint density at radius 1 is 1.21 bits per heavy atom. The van der Waals surface area contributed by atoms with E-state index in [0.29, 0.717) is 24.8 Å². The van der Waals surface area contributed by atoms with Gasteiger partial charge in [0.15, 0.2) is 0 Å². The lowest BCUT2D eigenvalue weighted by atomic mass is 10.0. The fourth-order valence-corrected chi connectivity index (χ4v) is 2.91. The van der Waals surface area contributed by atoms with E-state index in [1.165, 1.54) is 6.07 Å². The third-order valence-electron chi connectivity index (χ3n) is 4.23. The average Bonchev–Trinajstić information content (AvgIpc) is 2.49. The van der Waals surface area contributed by atoms with Gasteiger partial charge in [0.05, 0.1) is 5.56 Å². The molecule has 1 saturated heterocycles. The Balaban J connectivity index is 0.00000208. The number of fused-ring (bicyclic) bond motifs is 1. The van der Waals surface area contributed by atoms with E-state index in [-0.39, 0.29) is 29.6 Å². The molecule has 2 unspecified atom stereocenters. The van der Waals surface area contributed by atoms with Crippen LogP contribution < -0.4 is 4.74 Å². The number of hydrogen-bond acceptors (Lipinski definition) is 3. The topological polar surface area (TPSA) is 32.7 Å². The van der Waals surface area contributed by atoms with Gasteiger partial charge in [-0.2, -0.15) is 13.2 Å².